The van der Waals surface area contributed by atoms with Gasteiger partial charge in [-0.25, -0.2) is 9.48 Å². The molecule has 1 unspecified atom stereocenters. The highest BCUT2D eigenvalue weighted by Crippen LogP contribution is 2.42. The summed E-state index contributed by atoms with van der Waals surface area (Å²) in [6, 6.07) is 0.172. The molecule has 0 amide bonds. The summed E-state index contributed by atoms with van der Waals surface area (Å²) in [6.07, 6.45) is 3.04. The van der Waals surface area contributed by atoms with Gasteiger partial charge in [0.1, 0.15) is 0 Å². The molecule has 0 aromatic carbocycles. The Kier molecular flexibility index (Phi) is 4.52. The highest BCUT2D eigenvalue weighted by Gasteiger charge is 2.35. The summed E-state index contributed by atoms with van der Waals surface area (Å²) in [4.78, 5) is 11.9. The second-order valence-corrected chi connectivity index (χ2v) is 4.89. The summed E-state index contributed by atoms with van der Waals surface area (Å²) in [7, 11) is 1.68. The van der Waals surface area contributed by atoms with E-state index in [1.807, 2.05) is 4.68 Å². The van der Waals surface area contributed by atoms with Gasteiger partial charge in [0.05, 0.1) is 18.3 Å². The van der Waals surface area contributed by atoms with Gasteiger partial charge in [-0.1, -0.05) is 5.21 Å². The van der Waals surface area contributed by atoms with Gasteiger partial charge in [-0.15, -0.1) is 5.10 Å². The molecule has 19 heavy (non-hydrogen) atoms. The Hall–Kier alpha value is -1.43. The second-order valence-electron chi connectivity index (χ2n) is 4.89. The molecule has 1 aliphatic rings. The topological polar surface area (TPSA) is 66.2 Å². The van der Waals surface area contributed by atoms with E-state index in [1.165, 1.54) is 0 Å². The number of carbonyl (C=O) groups excluding carboxylic acids is 1. The van der Waals surface area contributed by atoms with E-state index >= 15 is 0 Å². The molecule has 0 spiro atoms. The van der Waals surface area contributed by atoms with Crippen LogP contribution >= 0.6 is 0 Å². The third-order valence-corrected chi connectivity index (χ3v) is 3.32. The first-order valence-electron chi connectivity index (χ1n) is 6.80. The van der Waals surface area contributed by atoms with Crippen molar-refractivity contribution in [3.63, 3.8) is 0 Å². The molecule has 6 nitrogen and oxygen atoms in total. The number of methoxy groups -OCH3 is 1. The van der Waals surface area contributed by atoms with Gasteiger partial charge in [0, 0.05) is 19.6 Å². The van der Waals surface area contributed by atoms with Crippen molar-refractivity contribution in [3.8, 4) is 0 Å². The average Bonchev–Trinajstić information content (AvgIpc) is 3.14. The van der Waals surface area contributed by atoms with Crippen LogP contribution in [0.5, 0.6) is 0 Å². The molecule has 106 valence electrons. The van der Waals surface area contributed by atoms with Crippen molar-refractivity contribution in [2.75, 3.05) is 20.3 Å². The maximum absolute atomic E-state index is 11.9. The molecule has 1 aliphatic carbocycles. The SMILES string of the molecule is CCOC(=O)c1nnn(C(C)CCOC)c1C1CC1. The molecule has 1 heterocycles. The summed E-state index contributed by atoms with van der Waals surface area (Å²) < 4.78 is 12.0. The van der Waals surface area contributed by atoms with Gasteiger partial charge in [-0.3, -0.25) is 0 Å². The van der Waals surface area contributed by atoms with E-state index in [0.717, 1.165) is 25.0 Å². The number of aromatic nitrogens is 3. The Morgan fingerprint density at radius 2 is 2.26 bits per heavy atom. The third kappa shape index (κ3) is 3.12. The number of ether oxygens (including phenoxy) is 2. The minimum atomic E-state index is -0.366. The Labute approximate surface area is 113 Å². The number of hydrogen-bond acceptors (Lipinski definition) is 5. The smallest absolute Gasteiger partial charge is 0.360 e. The predicted octanol–water partition coefficient (Wildman–Crippen LogP) is 1.93. The number of rotatable bonds is 7. The molecule has 2 rings (SSSR count). The monoisotopic (exact) mass is 267 g/mol. The van der Waals surface area contributed by atoms with Crippen molar-refractivity contribution in [3.05, 3.63) is 11.4 Å². The Morgan fingerprint density at radius 1 is 1.53 bits per heavy atom. The van der Waals surface area contributed by atoms with Crippen molar-refractivity contribution in [2.45, 2.75) is 45.1 Å². The number of hydrogen-bond donors (Lipinski definition) is 0. The quantitative estimate of drug-likeness (QED) is 0.706. The first kappa shape index (κ1) is 14.0. The van der Waals surface area contributed by atoms with E-state index in [4.69, 9.17) is 9.47 Å². The summed E-state index contributed by atoms with van der Waals surface area (Å²) >= 11 is 0. The van der Waals surface area contributed by atoms with Crippen LogP contribution in [0.2, 0.25) is 0 Å². The van der Waals surface area contributed by atoms with E-state index in [-0.39, 0.29) is 12.0 Å². The van der Waals surface area contributed by atoms with E-state index in [2.05, 4.69) is 17.2 Å². The normalized spacial score (nSPS) is 16.4. The molecule has 0 N–H and O–H groups in total. The van der Waals surface area contributed by atoms with E-state index in [1.54, 1.807) is 14.0 Å². The van der Waals surface area contributed by atoms with Crippen molar-refractivity contribution in [2.24, 2.45) is 0 Å². The summed E-state index contributed by atoms with van der Waals surface area (Å²) in [5.41, 5.74) is 1.32. The lowest BCUT2D eigenvalue weighted by atomic mass is 10.2. The zero-order valence-electron chi connectivity index (χ0n) is 11.8. The third-order valence-electron chi connectivity index (χ3n) is 3.32. The minimum absolute atomic E-state index is 0.172. The molecular formula is C13H21N3O3. The molecule has 0 bridgehead atoms. The Bertz CT molecular complexity index is 440. The molecule has 1 atom stereocenters. The van der Waals surface area contributed by atoms with Gasteiger partial charge in [0.2, 0.25) is 0 Å². The molecule has 1 fully saturated rings. The van der Waals surface area contributed by atoms with Gasteiger partial charge in [0.15, 0.2) is 5.69 Å². The van der Waals surface area contributed by atoms with Gasteiger partial charge in [0.25, 0.3) is 0 Å². The number of esters is 1. The number of nitrogens with zero attached hydrogens (tertiary/aromatic N) is 3. The fourth-order valence-corrected chi connectivity index (χ4v) is 2.12. The van der Waals surface area contributed by atoms with Crippen LogP contribution in [0.25, 0.3) is 0 Å². The lowest BCUT2D eigenvalue weighted by molar-refractivity contribution is 0.0518. The van der Waals surface area contributed by atoms with Crippen LogP contribution in [-0.4, -0.2) is 41.3 Å². The van der Waals surface area contributed by atoms with Crippen molar-refractivity contribution >= 4 is 5.97 Å². The summed E-state index contributed by atoms with van der Waals surface area (Å²) in [5, 5.41) is 8.17. The van der Waals surface area contributed by atoms with Crippen LogP contribution in [0.4, 0.5) is 0 Å². The number of carbonyl (C=O) groups is 1. The fourth-order valence-electron chi connectivity index (χ4n) is 2.12. The lowest BCUT2D eigenvalue weighted by Crippen LogP contribution is -2.14. The molecular weight excluding hydrogens is 246 g/mol. The van der Waals surface area contributed by atoms with Crippen LogP contribution in [0, 0.1) is 0 Å². The summed E-state index contributed by atoms with van der Waals surface area (Å²) in [5.74, 6) is 0.0361. The van der Waals surface area contributed by atoms with Crippen LogP contribution in [0.15, 0.2) is 0 Å². The largest absolute Gasteiger partial charge is 0.461 e. The molecule has 0 radical (unpaired) electrons. The molecule has 0 aliphatic heterocycles. The highest BCUT2D eigenvalue weighted by atomic mass is 16.5. The minimum Gasteiger partial charge on any atom is -0.461 e. The molecule has 1 aromatic rings. The second kappa shape index (κ2) is 6.14. The van der Waals surface area contributed by atoms with Crippen LogP contribution in [0.1, 0.15) is 61.3 Å². The van der Waals surface area contributed by atoms with E-state index in [0.29, 0.717) is 24.8 Å². The van der Waals surface area contributed by atoms with Crippen LogP contribution in [-0.2, 0) is 9.47 Å². The zero-order chi connectivity index (χ0) is 13.8. The molecule has 1 aromatic heterocycles. The maximum Gasteiger partial charge on any atom is 0.360 e. The van der Waals surface area contributed by atoms with E-state index in [9.17, 15) is 4.79 Å². The van der Waals surface area contributed by atoms with Crippen LogP contribution in [0.3, 0.4) is 0 Å². The van der Waals surface area contributed by atoms with E-state index < -0.39 is 0 Å². The Morgan fingerprint density at radius 3 is 2.84 bits per heavy atom. The Balaban J connectivity index is 2.21. The maximum atomic E-state index is 11.9. The fraction of sp³-hybridized carbons (Fsp3) is 0.769. The predicted molar refractivity (Wildman–Crippen MR) is 69.2 cm³/mol. The van der Waals surface area contributed by atoms with Gasteiger partial charge in [-0.05, 0) is 33.1 Å². The zero-order valence-corrected chi connectivity index (χ0v) is 11.8. The van der Waals surface area contributed by atoms with Crippen LogP contribution < -0.4 is 0 Å². The van der Waals surface area contributed by atoms with Crippen molar-refractivity contribution in [1.29, 1.82) is 0 Å². The van der Waals surface area contributed by atoms with Crippen molar-refractivity contribution in [1.82, 2.24) is 15.0 Å². The average molecular weight is 267 g/mol. The molecule has 0 saturated heterocycles. The first-order valence-corrected chi connectivity index (χ1v) is 6.80. The van der Waals surface area contributed by atoms with Gasteiger partial charge in [-0.2, -0.15) is 0 Å². The van der Waals surface area contributed by atoms with Gasteiger partial charge >= 0.3 is 5.97 Å². The van der Waals surface area contributed by atoms with Gasteiger partial charge < -0.3 is 9.47 Å². The highest BCUT2D eigenvalue weighted by molar-refractivity contribution is 5.88. The standard InChI is InChI=1S/C13H21N3O3/c1-4-19-13(17)11-12(10-5-6-10)16(15-14-11)9(2)7-8-18-3/h9-10H,4-8H2,1-3H3. The first-order chi connectivity index (χ1) is 9.19. The lowest BCUT2D eigenvalue weighted by Gasteiger charge is -2.14. The summed E-state index contributed by atoms with van der Waals surface area (Å²) in [6.45, 7) is 4.88. The molecule has 6 heteroatoms. The molecule has 1 saturated carbocycles. The van der Waals surface area contributed by atoms with Crippen molar-refractivity contribution < 1.29 is 14.3 Å².